The number of carboxylic acids is 1. The number of piperidine rings is 1. The molecule has 0 radical (unpaired) electrons. The second-order valence-corrected chi connectivity index (χ2v) is 5.96. The summed E-state index contributed by atoms with van der Waals surface area (Å²) in [7, 11) is 1.62. The maximum absolute atomic E-state index is 12.3. The van der Waals surface area contributed by atoms with Crippen molar-refractivity contribution in [2.45, 2.75) is 57.2 Å². The zero-order valence-electron chi connectivity index (χ0n) is 12.2. The molecule has 0 spiro atoms. The summed E-state index contributed by atoms with van der Waals surface area (Å²) in [5, 5.41) is 11.8. The van der Waals surface area contributed by atoms with E-state index in [0.717, 1.165) is 25.7 Å². The topological polar surface area (TPSA) is 78.9 Å². The maximum Gasteiger partial charge on any atom is 0.317 e. The van der Waals surface area contributed by atoms with Gasteiger partial charge in [0.05, 0.1) is 6.10 Å². The minimum atomic E-state index is -0.735. The van der Waals surface area contributed by atoms with Crippen LogP contribution in [0.5, 0.6) is 0 Å². The Bertz CT molecular complexity index is 360. The Hall–Kier alpha value is -1.30. The predicted molar refractivity (Wildman–Crippen MR) is 73.5 cm³/mol. The van der Waals surface area contributed by atoms with Gasteiger partial charge in [-0.15, -0.1) is 0 Å². The fraction of sp³-hybridized carbons (Fsp3) is 0.857. The number of fused-ring (bicyclic) bond motifs is 2. The van der Waals surface area contributed by atoms with Crippen molar-refractivity contribution in [1.82, 2.24) is 10.2 Å². The summed E-state index contributed by atoms with van der Waals surface area (Å²) in [6, 6.07) is 0.377. The van der Waals surface area contributed by atoms with Crippen molar-refractivity contribution in [1.29, 1.82) is 0 Å². The first-order chi connectivity index (χ1) is 9.51. The first-order valence-electron chi connectivity index (χ1n) is 7.32. The third kappa shape index (κ3) is 3.42. The first-order valence-corrected chi connectivity index (χ1v) is 7.32. The normalized spacial score (nSPS) is 30.1. The first kappa shape index (κ1) is 15.1. The van der Waals surface area contributed by atoms with Crippen LogP contribution < -0.4 is 5.32 Å². The highest BCUT2D eigenvalue weighted by Gasteiger charge is 2.43. The molecule has 0 aromatic rings. The van der Waals surface area contributed by atoms with Crippen molar-refractivity contribution in [2.75, 3.05) is 13.7 Å². The molecule has 0 aromatic heterocycles. The van der Waals surface area contributed by atoms with Gasteiger partial charge in [0.15, 0.2) is 0 Å². The van der Waals surface area contributed by atoms with Crippen LogP contribution in [0.25, 0.3) is 0 Å². The van der Waals surface area contributed by atoms with Crippen LogP contribution in [-0.2, 0) is 9.53 Å². The van der Waals surface area contributed by atoms with Gasteiger partial charge in [0.25, 0.3) is 0 Å². The third-order valence-electron chi connectivity index (χ3n) is 4.47. The fourth-order valence-electron chi connectivity index (χ4n) is 3.44. The van der Waals surface area contributed by atoms with E-state index in [1.54, 1.807) is 7.11 Å². The van der Waals surface area contributed by atoms with Gasteiger partial charge in [0.2, 0.25) is 0 Å². The van der Waals surface area contributed by atoms with Crippen LogP contribution in [0, 0.1) is 5.92 Å². The Morgan fingerprint density at radius 1 is 1.35 bits per heavy atom. The summed E-state index contributed by atoms with van der Waals surface area (Å²) in [4.78, 5) is 25.0. The highest BCUT2D eigenvalue weighted by Crippen LogP contribution is 2.39. The maximum atomic E-state index is 12.3. The number of urea groups is 1. The van der Waals surface area contributed by atoms with E-state index in [0.29, 0.717) is 6.54 Å². The highest BCUT2D eigenvalue weighted by atomic mass is 16.5. The number of nitrogens with one attached hydrogen (secondary N) is 1. The molecule has 6 heteroatoms. The van der Waals surface area contributed by atoms with Gasteiger partial charge in [-0.05, 0) is 38.5 Å². The Labute approximate surface area is 119 Å². The summed E-state index contributed by atoms with van der Waals surface area (Å²) in [6.45, 7) is 2.41. The minimum absolute atomic E-state index is 0.00107. The van der Waals surface area contributed by atoms with E-state index in [4.69, 9.17) is 9.84 Å². The Morgan fingerprint density at radius 2 is 1.95 bits per heavy atom. The van der Waals surface area contributed by atoms with E-state index in [-0.39, 0.29) is 36.6 Å². The van der Waals surface area contributed by atoms with Crippen LogP contribution in [0.3, 0.4) is 0 Å². The van der Waals surface area contributed by atoms with E-state index in [1.807, 2.05) is 11.8 Å². The molecule has 20 heavy (non-hydrogen) atoms. The van der Waals surface area contributed by atoms with Crippen molar-refractivity contribution >= 4 is 12.0 Å². The molecule has 6 nitrogen and oxygen atoms in total. The molecule has 2 N–H and O–H groups in total. The molecule has 2 amide bonds. The van der Waals surface area contributed by atoms with Crippen LogP contribution in [0.15, 0.2) is 0 Å². The smallest absolute Gasteiger partial charge is 0.317 e. The van der Waals surface area contributed by atoms with Crippen molar-refractivity contribution in [3.05, 3.63) is 0 Å². The van der Waals surface area contributed by atoms with Crippen molar-refractivity contribution in [3.63, 3.8) is 0 Å². The molecule has 2 rings (SSSR count). The van der Waals surface area contributed by atoms with Gasteiger partial charge in [-0.2, -0.15) is 0 Å². The lowest BCUT2D eigenvalue weighted by atomic mass is 9.88. The lowest BCUT2D eigenvalue weighted by molar-refractivity contribution is -0.138. The molecular weight excluding hydrogens is 260 g/mol. The summed E-state index contributed by atoms with van der Waals surface area (Å²) in [5.74, 6) is -0.520. The van der Waals surface area contributed by atoms with Crippen LogP contribution in [0.2, 0.25) is 0 Å². The number of carbonyl (C=O) groups is 2. The van der Waals surface area contributed by atoms with E-state index >= 15 is 0 Å². The van der Waals surface area contributed by atoms with Crippen LogP contribution in [-0.4, -0.2) is 53.8 Å². The van der Waals surface area contributed by atoms with Gasteiger partial charge in [-0.25, -0.2) is 4.79 Å². The lowest BCUT2D eigenvalue weighted by Crippen LogP contribution is -2.52. The standard InChI is InChI=1S/C14H24N2O4/c1-9(20-2)8-15-14(19)16-11-3-4-12(16)6-10(5-11)7-13(17)18/h9-12H,3-8H2,1-2H3,(H,15,19)(H,17,18). The number of hydrogen-bond donors (Lipinski definition) is 2. The number of amides is 2. The molecule has 0 aliphatic carbocycles. The van der Waals surface area contributed by atoms with Crippen LogP contribution >= 0.6 is 0 Å². The molecule has 0 aromatic carbocycles. The molecule has 3 unspecified atom stereocenters. The zero-order valence-corrected chi connectivity index (χ0v) is 12.2. The number of hydrogen-bond acceptors (Lipinski definition) is 3. The molecule has 2 aliphatic heterocycles. The van der Waals surface area contributed by atoms with Gasteiger partial charge in [0, 0.05) is 32.2 Å². The van der Waals surface area contributed by atoms with Crippen molar-refractivity contribution in [3.8, 4) is 0 Å². The molecule has 2 saturated heterocycles. The molecule has 114 valence electrons. The number of nitrogens with zero attached hydrogens (tertiary/aromatic N) is 1. The number of rotatable bonds is 5. The van der Waals surface area contributed by atoms with Gasteiger partial charge < -0.3 is 20.1 Å². The Kier molecular flexibility index (Phi) is 4.86. The number of aliphatic carboxylic acids is 1. The number of carbonyl (C=O) groups excluding carboxylic acids is 1. The van der Waals surface area contributed by atoms with Crippen molar-refractivity contribution in [2.24, 2.45) is 5.92 Å². The largest absolute Gasteiger partial charge is 0.481 e. The van der Waals surface area contributed by atoms with Crippen molar-refractivity contribution < 1.29 is 19.4 Å². The van der Waals surface area contributed by atoms with Crippen LogP contribution in [0.1, 0.15) is 39.0 Å². The molecule has 2 fully saturated rings. The highest BCUT2D eigenvalue weighted by molar-refractivity contribution is 5.75. The van der Waals surface area contributed by atoms with Crippen LogP contribution in [0.4, 0.5) is 4.79 Å². The summed E-state index contributed by atoms with van der Waals surface area (Å²) in [5.41, 5.74) is 0. The van der Waals surface area contributed by atoms with E-state index in [2.05, 4.69) is 5.32 Å². The quantitative estimate of drug-likeness (QED) is 0.801. The lowest BCUT2D eigenvalue weighted by Gasteiger charge is -2.38. The summed E-state index contributed by atoms with van der Waals surface area (Å²) >= 11 is 0. The SMILES string of the molecule is COC(C)CNC(=O)N1C2CCC1CC(CC(=O)O)C2. The van der Waals surface area contributed by atoms with E-state index < -0.39 is 5.97 Å². The van der Waals surface area contributed by atoms with E-state index in [9.17, 15) is 9.59 Å². The monoisotopic (exact) mass is 284 g/mol. The molecule has 2 bridgehead atoms. The molecule has 3 atom stereocenters. The summed E-state index contributed by atoms with van der Waals surface area (Å²) in [6.07, 6.45) is 3.85. The van der Waals surface area contributed by atoms with Gasteiger partial charge in [-0.3, -0.25) is 4.79 Å². The molecular formula is C14H24N2O4. The predicted octanol–water partition coefficient (Wildman–Crippen LogP) is 1.45. The minimum Gasteiger partial charge on any atom is -0.481 e. The second-order valence-electron chi connectivity index (χ2n) is 5.96. The number of ether oxygens (including phenoxy) is 1. The zero-order chi connectivity index (χ0) is 14.7. The number of carboxylic acid groups (broad SMARTS) is 1. The third-order valence-corrected chi connectivity index (χ3v) is 4.47. The average molecular weight is 284 g/mol. The fourth-order valence-corrected chi connectivity index (χ4v) is 3.44. The van der Waals surface area contributed by atoms with Gasteiger partial charge in [0.1, 0.15) is 0 Å². The molecule has 2 aliphatic rings. The second kappa shape index (κ2) is 6.43. The average Bonchev–Trinajstić information content (AvgIpc) is 2.66. The Morgan fingerprint density at radius 3 is 2.45 bits per heavy atom. The number of methoxy groups -OCH3 is 1. The Balaban J connectivity index is 1.88. The molecule has 0 saturated carbocycles. The summed E-state index contributed by atoms with van der Waals surface area (Å²) < 4.78 is 5.12. The van der Waals surface area contributed by atoms with Gasteiger partial charge in [-0.1, -0.05) is 0 Å². The van der Waals surface area contributed by atoms with Gasteiger partial charge >= 0.3 is 12.0 Å². The molecule has 2 heterocycles. The van der Waals surface area contributed by atoms with E-state index in [1.165, 1.54) is 0 Å².